The second-order valence-electron chi connectivity index (χ2n) is 4.21. The molecule has 0 radical (unpaired) electrons. The summed E-state index contributed by atoms with van der Waals surface area (Å²) in [5.41, 5.74) is 7.62. The Morgan fingerprint density at radius 1 is 1.32 bits per heavy atom. The van der Waals surface area contributed by atoms with Crippen molar-refractivity contribution in [1.29, 1.82) is 0 Å². The van der Waals surface area contributed by atoms with Crippen LogP contribution in [0.3, 0.4) is 0 Å². The van der Waals surface area contributed by atoms with Crippen molar-refractivity contribution in [3.05, 3.63) is 35.7 Å². The zero-order valence-corrected chi connectivity index (χ0v) is 12.6. The first-order valence-corrected chi connectivity index (χ1v) is 7.26. The number of rotatable bonds is 5. The fraction of sp³-hybridized carbons (Fsp3) is 0.385. The quantitative estimate of drug-likeness (QED) is 0.919. The molecule has 0 aliphatic carbocycles. The largest absolute Gasteiger partial charge is 0.339 e. The van der Waals surface area contributed by atoms with Crippen LogP contribution < -0.4 is 5.73 Å². The van der Waals surface area contributed by atoms with Crippen molar-refractivity contribution in [2.45, 2.75) is 19.4 Å². The molecule has 0 aliphatic heterocycles. The van der Waals surface area contributed by atoms with Crippen LogP contribution in [0.5, 0.6) is 0 Å². The Labute approximate surface area is 123 Å². The van der Waals surface area contributed by atoms with E-state index in [2.05, 4.69) is 23.3 Å². The zero-order valence-electron chi connectivity index (χ0n) is 11.0. The van der Waals surface area contributed by atoms with E-state index >= 15 is 0 Å². The van der Waals surface area contributed by atoms with E-state index in [9.17, 15) is 0 Å². The summed E-state index contributed by atoms with van der Waals surface area (Å²) in [5.74, 6) is 2.60. The van der Waals surface area contributed by atoms with Crippen LogP contribution in [-0.2, 0) is 6.54 Å². The lowest BCUT2D eigenvalue weighted by atomic mass is 10.1. The van der Waals surface area contributed by atoms with Gasteiger partial charge in [-0.25, -0.2) is 0 Å². The number of aromatic nitrogens is 2. The summed E-state index contributed by atoms with van der Waals surface area (Å²) in [6, 6.07) is 7.90. The Bertz CT molecular complexity index is 501. The molecule has 0 amide bonds. The standard InChI is InChI=1S/C13H17N3OS.ClH/c1-9(8-18-2)13-15-12(16-17-13)11-5-3-10(7-14)4-6-11;/h3-6,9H,7-8,14H2,1-2H3;1H. The van der Waals surface area contributed by atoms with Crippen molar-refractivity contribution in [1.82, 2.24) is 10.1 Å². The summed E-state index contributed by atoms with van der Waals surface area (Å²) >= 11 is 1.77. The van der Waals surface area contributed by atoms with Crippen molar-refractivity contribution in [3.63, 3.8) is 0 Å². The van der Waals surface area contributed by atoms with E-state index in [1.54, 1.807) is 11.8 Å². The summed E-state index contributed by atoms with van der Waals surface area (Å²) in [6.45, 7) is 2.63. The van der Waals surface area contributed by atoms with Crippen molar-refractivity contribution in [2.24, 2.45) is 5.73 Å². The second kappa shape index (κ2) is 7.53. The van der Waals surface area contributed by atoms with Gasteiger partial charge in [-0.15, -0.1) is 12.4 Å². The van der Waals surface area contributed by atoms with Gasteiger partial charge in [-0.05, 0) is 11.8 Å². The average Bonchev–Trinajstić information content (AvgIpc) is 2.89. The number of nitrogens with zero attached hydrogens (tertiary/aromatic N) is 2. The highest BCUT2D eigenvalue weighted by molar-refractivity contribution is 7.98. The third-order valence-electron chi connectivity index (χ3n) is 2.73. The molecule has 4 nitrogen and oxygen atoms in total. The van der Waals surface area contributed by atoms with Crippen molar-refractivity contribution >= 4 is 24.2 Å². The minimum atomic E-state index is 0. The maximum atomic E-state index is 5.56. The van der Waals surface area contributed by atoms with Crippen LogP contribution >= 0.6 is 24.2 Å². The molecule has 1 aromatic heterocycles. The van der Waals surface area contributed by atoms with Gasteiger partial charge in [0.15, 0.2) is 0 Å². The molecule has 0 aliphatic rings. The highest BCUT2D eigenvalue weighted by Gasteiger charge is 2.14. The lowest BCUT2D eigenvalue weighted by Crippen LogP contribution is -1.97. The Hall–Kier alpha value is -1.04. The predicted octanol–water partition coefficient (Wildman–Crippen LogP) is 3.08. The Morgan fingerprint density at radius 3 is 2.58 bits per heavy atom. The van der Waals surface area contributed by atoms with Crippen LogP contribution in [0.4, 0.5) is 0 Å². The van der Waals surface area contributed by atoms with Gasteiger partial charge in [-0.2, -0.15) is 16.7 Å². The van der Waals surface area contributed by atoms with Gasteiger partial charge in [0.1, 0.15) is 0 Å². The lowest BCUT2D eigenvalue weighted by molar-refractivity contribution is 0.367. The van der Waals surface area contributed by atoms with E-state index in [1.165, 1.54) is 0 Å². The molecule has 104 valence electrons. The molecule has 1 unspecified atom stereocenters. The van der Waals surface area contributed by atoms with Gasteiger partial charge in [0, 0.05) is 23.8 Å². The first-order chi connectivity index (χ1) is 8.74. The fourth-order valence-corrected chi connectivity index (χ4v) is 2.31. The smallest absolute Gasteiger partial charge is 0.230 e. The first kappa shape index (κ1) is 16.0. The van der Waals surface area contributed by atoms with Gasteiger partial charge in [0.05, 0.1) is 0 Å². The molecule has 0 saturated carbocycles. The van der Waals surface area contributed by atoms with E-state index in [0.29, 0.717) is 18.3 Å². The van der Waals surface area contributed by atoms with Gasteiger partial charge in [-0.1, -0.05) is 36.3 Å². The van der Waals surface area contributed by atoms with E-state index in [-0.39, 0.29) is 18.3 Å². The van der Waals surface area contributed by atoms with Gasteiger partial charge in [0.25, 0.3) is 0 Å². The highest BCUT2D eigenvalue weighted by Crippen LogP contribution is 2.21. The first-order valence-electron chi connectivity index (χ1n) is 5.86. The minimum absolute atomic E-state index is 0. The van der Waals surface area contributed by atoms with E-state index in [0.717, 1.165) is 16.9 Å². The molecule has 0 fully saturated rings. The van der Waals surface area contributed by atoms with E-state index in [4.69, 9.17) is 10.3 Å². The summed E-state index contributed by atoms with van der Waals surface area (Å²) in [5, 5.41) is 4.02. The summed E-state index contributed by atoms with van der Waals surface area (Å²) in [4.78, 5) is 4.43. The fourth-order valence-electron chi connectivity index (χ4n) is 1.66. The van der Waals surface area contributed by atoms with E-state index in [1.807, 2.05) is 24.3 Å². The van der Waals surface area contributed by atoms with Gasteiger partial charge >= 0.3 is 0 Å². The molecule has 2 aromatic rings. The van der Waals surface area contributed by atoms with Gasteiger partial charge in [-0.3, -0.25) is 0 Å². The van der Waals surface area contributed by atoms with Crippen molar-refractivity contribution < 1.29 is 4.52 Å². The number of hydrogen-bond donors (Lipinski definition) is 1. The maximum absolute atomic E-state index is 5.56. The maximum Gasteiger partial charge on any atom is 0.230 e. The topological polar surface area (TPSA) is 64.9 Å². The van der Waals surface area contributed by atoms with Crippen LogP contribution in [0.25, 0.3) is 11.4 Å². The molecule has 1 heterocycles. The van der Waals surface area contributed by atoms with Crippen LogP contribution in [-0.4, -0.2) is 22.1 Å². The van der Waals surface area contributed by atoms with Gasteiger partial charge in [0.2, 0.25) is 11.7 Å². The predicted molar refractivity (Wildman–Crippen MR) is 81.7 cm³/mol. The number of benzene rings is 1. The van der Waals surface area contributed by atoms with Gasteiger partial charge < -0.3 is 10.3 Å². The molecule has 19 heavy (non-hydrogen) atoms. The molecule has 6 heteroatoms. The van der Waals surface area contributed by atoms with Crippen LogP contribution in [0.2, 0.25) is 0 Å². The lowest BCUT2D eigenvalue weighted by Gasteiger charge is -2.01. The highest BCUT2D eigenvalue weighted by atomic mass is 35.5. The molecular weight excluding hydrogens is 282 g/mol. The minimum Gasteiger partial charge on any atom is -0.339 e. The molecule has 0 bridgehead atoms. The number of halogens is 1. The monoisotopic (exact) mass is 299 g/mol. The van der Waals surface area contributed by atoms with Crippen molar-refractivity contribution in [2.75, 3.05) is 12.0 Å². The summed E-state index contributed by atoms with van der Waals surface area (Å²) < 4.78 is 5.29. The third kappa shape index (κ3) is 3.96. The zero-order chi connectivity index (χ0) is 13.0. The van der Waals surface area contributed by atoms with Crippen LogP contribution in [0.1, 0.15) is 24.3 Å². The Balaban J connectivity index is 0.00000180. The molecule has 2 rings (SSSR count). The second-order valence-corrected chi connectivity index (χ2v) is 5.12. The number of nitrogens with two attached hydrogens (primary N) is 1. The number of hydrogen-bond acceptors (Lipinski definition) is 5. The van der Waals surface area contributed by atoms with Crippen LogP contribution in [0.15, 0.2) is 28.8 Å². The van der Waals surface area contributed by atoms with Crippen molar-refractivity contribution in [3.8, 4) is 11.4 Å². The Morgan fingerprint density at radius 2 is 2.00 bits per heavy atom. The SMILES string of the molecule is CSCC(C)c1nc(-c2ccc(CN)cc2)no1.Cl. The molecule has 0 saturated heterocycles. The normalized spacial score (nSPS) is 11.9. The third-order valence-corrected chi connectivity index (χ3v) is 3.56. The molecule has 0 spiro atoms. The van der Waals surface area contributed by atoms with Crippen LogP contribution in [0, 0.1) is 0 Å². The summed E-state index contributed by atoms with van der Waals surface area (Å²) in [6.07, 6.45) is 2.07. The average molecular weight is 300 g/mol. The van der Waals surface area contributed by atoms with E-state index < -0.39 is 0 Å². The Kier molecular flexibility index (Phi) is 6.34. The molecule has 1 aromatic carbocycles. The number of thioether (sulfide) groups is 1. The molecule has 2 N–H and O–H groups in total. The molecule has 1 atom stereocenters. The summed E-state index contributed by atoms with van der Waals surface area (Å²) in [7, 11) is 0. The molecular formula is C13H18ClN3OS.